The van der Waals surface area contributed by atoms with E-state index in [2.05, 4.69) is 5.43 Å². The van der Waals surface area contributed by atoms with Crippen LogP contribution in [0.25, 0.3) is 6.08 Å². The maximum absolute atomic E-state index is 12.5. The minimum Gasteiger partial charge on any atom is -0.508 e. The van der Waals surface area contributed by atoms with Gasteiger partial charge in [-0.25, -0.2) is 0 Å². The number of hydrogen-bond donors (Lipinski definition) is 2. The average Bonchev–Trinajstić information content (AvgIpc) is 2.89. The van der Waals surface area contributed by atoms with Crippen molar-refractivity contribution in [2.75, 3.05) is 0 Å². The van der Waals surface area contributed by atoms with Crippen LogP contribution in [-0.4, -0.2) is 32.5 Å². The van der Waals surface area contributed by atoms with Crippen LogP contribution in [0.2, 0.25) is 0 Å². The lowest BCUT2D eigenvalue weighted by atomic mass is 10.1. The van der Waals surface area contributed by atoms with Gasteiger partial charge in [-0.05, 0) is 42.1 Å². The highest BCUT2D eigenvalue weighted by Gasteiger charge is 2.33. The first-order valence-corrected chi connectivity index (χ1v) is 8.63. The van der Waals surface area contributed by atoms with Gasteiger partial charge in [-0.15, -0.1) is 0 Å². The minimum atomic E-state index is -0.561. The van der Waals surface area contributed by atoms with E-state index in [4.69, 9.17) is 12.2 Å². The molecule has 0 aromatic heterocycles. The summed E-state index contributed by atoms with van der Waals surface area (Å²) in [5.74, 6) is -1.07. The summed E-state index contributed by atoms with van der Waals surface area (Å²) in [6.45, 7) is 0. The number of hydrazine groups is 1. The normalized spacial score (nSPS) is 15.4. The lowest BCUT2D eigenvalue weighted by Crippen LogP contribution is -2.44. The fourth-order valence-electron chi connectivity index (χ4n) is 2.20. The van der Waals surface area contributed by atoms with Gasteiger partial charge >= 0.3 is 0 Å². The molecule has 130 valence electrons. The second-order valence-corrected chi connectivity index (χ2v) is 6.97. The van der Waals surface area contributed by atoms with E-state index >= 15 is 0 Å². The molecule has 0 saturated carbocycles. The fraction of sp³-hybridized carbons (Fsp3) is 0. The Kier molecular flexibility index (Phi) is 5.15. The SMILES string of the molecule is O=Cc1ccc(/C=C2/SC(=S)N(NC(=O)c3cccc(O)c3)C2=O)cc1. The van der Waals surface area contributed by atoms with E-state index in [1.165, 1.54) is 24.3 Å². The average molecular weight is 384 g/mol. The van der Waals surface area contributed by atoms with Crippen molar-refractivity contribution in [3.05, 3.63) is 70.1 Å². The van der Waals surface area contributed by atoms with Crippen LogP contribution in [0, 0.1) is 0 Å². The lowest BCUT2D eigenvalue weighted by Gasteiger charge is -2.15. The van der Waals surface area contributed by atoms with E-state index in [1.807, 2.05) is 0 Å². The molecule has 8 heteroatoms. The highest BCUT2D eigenvalue weighted by molar-refractivity contribution is 8.26. The van der Waals surface area contributed by atoms with Gasteiger partial charge in [0, 0.05) is 11.1 Å². The van der Waals surface area contributed by atoms with Crippen LogP contribution in [-0.2, 0) is 4.79 Å². The molecule has 0 atom stereocenters. The molecule has 0 aliphatic carbocycles. The Morgan fingerprint density at radius 3 is 2.50 bits per heavy atom. The molecule has 26 heavy (non-hydrogen) atoms. The molecule has 1 heterocycles. The molecule has 1 fully saturated rings. The summed E-state index contributed by atoms with van der Waals surface area (Å²) >= 11 is 6.22. The molecule has 0 spiro atoms. The first-order chi connectivity index (χ1) is 12.5. The van der Waals surface area contributed by atoms with Gasteiger partial charge in [0.15, 0.2) is 4.32 Å². The molecule has 0 unspecified atom stereocenters. The molecule has 0 radical (unpaired) electrons. The Labute approximate surface area is 158 Å². The van der Waals surface area contributed by atoms with Gasteiger partial charge in [0.25, 0.3) is 11.8 Å². The summed E-state index contributed by atoms with van der Waals surface area (Å²) in [5.41, 5.74) is 3.91. The number of rotatable bonds is 4. The first-order valence-electron chi connectivity index (χ1n) is 7.41. The zero-order chi connectivity index (χ0) is 18.7. The van der Waals surface area contributed by atoms with Gasteiger partial charge in [0.2, 0.25) is 0 Å². The van der Waals surface area contributed by atoms with Crippen molar-refractivity contribution in [1.82, 2.24) is 10.4 Å². The Hall–Kier alpha value is -2.97. The lowest BCUT2D eigenvalue weighted by molar-refractivity contribution is -0.123. The van der Waals surface area contributed by atoms with Crippen LogP contribution in [0.3, 0.4) is 0 Å². The van der Waals surface area contributed by atoms with Crippen molar-refractivity contribution in [3.63, 3.8) is 0 Å². The van der Waals surface area contributed by atoms with E-state index in [0.717, 1.165) is 28.6 Å². The molecule has 2 aromatic carbocycles. The van der Waals surface area contributed by atoms with E-state index in [-0.39, 0.29) is 15.6 Å². The number of amides is 2. The summed E-state index contributed by atoms with van der Waals surface area (Å²) in [6, 6.07) is 12.5. The standard InChI is InChI=1S/C18H12N2O4S2/c21-10-12-6-4-11(5-7-12)8-15-17(24)20(18(25)26-15)19-16(23)13-2-1-3-14(22)9-13/h1-10,22H,(H,19,23)/b15-8+. The van der Waals surface area contributed by atoms with Crippen LogP contribution in [0.5, 0.6) is 5.75 Å². The number of nitrogens with zero attached hydrogens (tertiary/aromatic N) is 1. The molecule has 6 nitrogen and oxygen atoms in total. The number of nitrogens with one attached hydrogen (secondary N) is 1. The molecule has 1 aliphatic heterocycles. The number of hydrogen-bond acceptors (Lipinski definition) is 6. The first kappa shape index (κ1) is 17.8. The van der Waals surface area contributed by atoms with Crippen molar-refractivity contribution in [2.24, 2.45) is 0 Å². The minimum absolute atomic E-state index is 0.0540. The van der Waals surface area contributed by atoms with Gasteiger partial charge in [-0.3, -0.25) is 19.8 Å². The Morgan fingerprint density at radius 1 is 1.15 bits per heavy atom. The molecule has 2 amide bonds. The van der Waals surface area contributed by atoms with E-state index in [0.29, 0.717) is 10.5 Å². The van der Waals surface area contributed by atoms with Gasteiger partial charge in [-0.1, -0.05) is 42.1 Å². The predicted molar refractivity (Wildman–Crippen MR) is 102 cm³/mol. The topological polar surface area (TPSA) is 86.7 Å². The molecule has 2 N–H and O–H groups in total. The molecular weight excluding hydrogens is 372 g/mol. The zero-order valence-electron chi connectivity index (χ0n) is 13.2. The molecular formula is C18H12N2O4S2. The predicted octanol–water partition coefficient (Wildman–Crippen LogP) is 2.75. The Bertz CT molecular complexity index is 938. The summed E-state index contributed by atoms with van der Waals surface area (Å²) in [4.78, 5) is 35.8. The smallest absolute Gasteiger partial charge is 0.285 e. The van der Waals surface area contributed by atoms with Crippen molar-refractivity contribution in [3.8, 4) is 5.75 Å². The van der Waals surface area contributed by atoms with Gasteiger partial charge in [-0.2, -0.15) is 5.01 Å². The second-order valence-electron chi connectivity index (χ2n) is 5.29. The second kappa shape index (κ2) is 7.51. The molecule has 1 aliphatic rings. The molecule has 0 bridgehead atoms. The number of phenols is 1. The van der Waals surface area contributed by atoms with Crippen molar-refractivity contribution in [1.29, 1.82) is 0 Å². The molecule has 3 rings (SSSR count). The number of aldehydes is 1. The third kappa shape index (κ3) is 3.81. The van der Waals surface area contributed by atoms with Crippen LogP contribution < -0.4 is 5.43 Å². The highest BCUT2D eigenvalue weighted by Crippen LogP contribution is 2.31. The van der Waals surface area contributed by atoms with Crippen LogP contribution in [0.15, 0.2) is 53.4 Å². The summed E-state index contributed by atoms with van der Waals surface area (Å²) in [6.07, 6.45) is 2.37. The van der Waals surface area contributed by atoms with Gasteiger partial charge in [0.05, 0.1) is 4.91 Å². The summed E-state index contributed by atoms with van der Waals surface area (Å²) < 4.78 is 0.194. The van der Waals surface area contributed by atoms with Crippen molar-refractivity contribution >= 4 is 52.5 Å². The largest absolute Gasteiger partial charge is 0.508 e. The number of benzene rings is 2. The quantitative estimate of drug-likeness (QED) is 0.479. The highest BCUT2D eigenvalue weighted by atomic mass is 32.2. The summed E-state index contributed by atoms with van der Waals surface area (Å²) in [5, 5.41) is 10.4. The third-order valence-electron chi connectivity index (χ3n) is 3.49. The molecule has 1 saturated heterocycles. The zero-order valence-corrected chi connectivity index (χ0v) is 14.8. The number of thioether (sulfide) groups is 1. The molecule has 2 aromatic rings. The number of phenolic OH excluding ortho intramolecular Hbond substituents is 1. The van der Waals surface area contributed by atoms with Crippen molar-refractivity contribution < 1.29 is 19.5 Å². The van der Waals surface area contributed by atoms with Crippen molar-refractivity contribution in [2.45, 2.75) is 0 Å². The number of carbonyl (C=O) groups is 3. The number of carbonyl (C=O) groups excluding carboxylic acids is 3. The maximum Gasteiger partial charge on any atom is 0.285 e. The fourth-order valence-corrected chi connectivity index (χ4v) is 3.38. The third-order valence-corrected chi connectivity index (χ3v) is 4.79. The maximum atomic E-state index is 12.5. The van der Waals surface area contributed by atoms with E-state index < -0.39 is 11.8 Å². The summed E-state index contributed by atoms with van der Waals surface area (Å²) in [7, 11) is 0. The van der Waals surface area contributed by atoms with Gasteiger partial charge < -0.3 is 5.11 Å². The van der Waals surface area contributed by atoms with E-state index in [9.17, 15) is 19.5 Å². The Morgan fingerprint density at radius 2 is 1.85 bits per heavy atom. The van der Waals surface area contributed by atoms with E-state index in [1.54, 1.807) is 30.3 Å². The number of aromatic hydroxyl groups is 1. The number of thiocarbonyl (C=S) groups is 1. The Balaban J connectivity index is 1.76. The van der Waals surface area contributed by atoms with Crippen LogP contribution in [0.4, 0.5) is 0 Å². The van der Waals surface area contributed by atoms with Gasteiger partial charge in [0.1, 0.15) is 12.0 Å². The van der Waals surface area contributed by atoms with Crippen LogP contribution in [0.1, 0.15) is 26.3 Å². The van der Waals surface area contributed by atoms with Crippen LogP contribution >= 0.6 is 24.0 Å². The monoisotopic (exact) mass is 384 g/mol.